The monoisotopic (exact) mass is 496 g/mol. The lowest BCUT2D eigenvalue weighted by molar-refractivity contribution is 0.307. The third kappa shape index (κ3) is 5.25. The molecule has 0 unspecified atom stereocenters. The van der Waals surface area contributed by atoms with Crippen LogP contribution in [0.4, 0.5) is 4.39 Å². The van der Waals surface area contributed by atoms with Gasteiger partial charge in [-0.15, -0.1) is 5.10 Å². The molecule has 0 spiro atoms. The van der Waals surface area contributed by atoms with E-state index in [1.807, 2.05) is 53.3 Å². The molecule has 0 aliphatic carbocycles. The van der Waals surface area contributed by atoms with Crippen LogP contribution in [-0.2, 0) is 13.2 Å². The molecule has 0 N–H and O–H groups in total. The molecule has 4 aromatic rings. The van der Waals surface area contributed by atoms with Crippen LogP contribution in [0, 0.1) is 5.82 Å². The topological polar surface area (TPSA) is 43.2 Å². The van der Waals surface area contributed by atoms with E-state index < -0.39 is 0 Å². The molecule has 5 nitrogen and oxygen atoms in total. The Morgan fingerprint density at radius 2 is 1.76 bits per heavy atom. The lowest BCUT2D eigenvalue weighted by Gasteiger charge is -2.16. The lowest BCUT2D eigenvalue weighted by atomic mass is 10.1. The van der Waals surface area contributed by atoms with Crippen molar-refractivity contribution in [3.05, 3.63) is 99.9 Å². The van der Waals surface area contributed by atoms with Crippen molar-refractivity contribution in [2.24, 2.45) is 0 Å². The fourth-order valence-corrected chi connectivity index (χ4v) is 4.51. The molecule has 1 fully saturated rings. The van der Waals surface area contributed by atoms with Gasteiger partial charge in [-0.05, 0) is 53.9 Å². The van der Waals surface area contributed by atoms with E-state index in [1.165, 1.54) is 12.1 Å². The maximum absolute atomic E-state index is 13.2. The van der Waals surface area contributed by atoms with Crippen LogP contribution in [0.2, 0.25) is 10.0 Å². The first kappa shape index (κ1) is 22.8. The van der Waals surface area contributed by atoms with Gasteiger partial charge in [0.25, 0.3) is 0 Å². The van der Waals surface area contributed by atoms with Gasteiger partial charge in [0.15, 0.2) is 0 Å². The quantitative estimate of drug-likeness (QED) is 0.296. The fourth-order valence-electron chi connectivity index (χ4n) is 4.19. The number of hydrogen-bond acceptors (Lipinski definition) is 4. The number of ether oxygens (including phenoxy) is 1. The summed E-state index contributed by atoms with van der Waals surface area (Å²) in [5.74, 6) is 0.518. The Hall–Kier alpha value is -2.93. The van der Waals surface area contributed by atoms with Crippen LogP contribution < -0.4 is 4.74 Å². The number of nitrogens with zero attached hydrogens (tertiary/aromatic N) is 4. The molecule has 0 bridgehead atoms. The highest BCUT2D eigenvalue weighted by molar-refractivity contribution is 6.42. The van der Waals surface area contributed by atoms with Gasteiger partial charge in [-0.3, -0.25) is 4.90 Å². The zero-order chi connectivity index (χ0) is 23.5. The number of halogens is 3. The van der Waals surface area contributed by atoms with Gasteiger partial charge in [-0.25, -0.2) is 9.07 Å². The standard InChI is InChI=1S/C26H23Cl2FN4O/c27-23-10-7-19(13-24(23)28)17-34-26-4-2-1-3-22(26)25-16-33(31-30-25)21-11-12-32(15-21)14-18-5-8-20(29)9-6-18/h1-10,13,16,21H,11-12,14-15,17H2/t21-/m0/s1. The number of rotatable bonds is 7. The van der Waals surface area contributed by atoms with Crippen LogP contribution in [0.1, 0.15) is 23.6 Å². The van der Waals surface area contributed by atoms with Crippen molar-refractivity contribution in [1.82, 2.24) is 19.9 Å². The van der Waals surface area contributed by atoms with Gasteiger partial charge in [-0.1, -0.05) is 58.7 Å². The fraction of sp³-hybridized carbons (Fsp3) is 0.231. The van der Waals surface area contributed by atoms with Gasteiger partial charge in [0.05, 0.1) is 22.3 Å². The summed E-state index contributed by atoms with van der Waals surface area (Å²) in [7, 11) is 0. The van der Waals surface area contributed by atoms with Crippen LogP contribution in [0.15, 0.2) is 72.9 Å². The number of para-hydroxylation sites is 1. The minimum atomic E-state index is -0.209. The summed E-state index contributed by atoms with van der Waals surface area (Å²) in [6.07, 6.45) is 2.97. The molecule has 3 aromatic carbocycles. The van der Waals surface area contributed by atoms with Crippen LogP contribution >= 0.6 is 23.2 Å². The van der Waals surface area contributed by atoms with E-state index in [0.717, 1.165) is 54.2 Å². The van der Waals surface area contributed by atoms with E-state index in [0.29, 0.717) is 16.7 Å². The van der Waals surface area contributed by atoms with E-state index in [2.05, 4.69) is 15.2 Å². The first-order valence-electron chi connectivity index (χ1n) is 11.1. The third-order valence-electron chi connectivity index (χ3n) is 5.99. The van der Waals surface area contributed by atoms with Crippen molar-refractivity contribution >= 4 is 23.2 Å². The molecule has 1 aliphatic heterocycles. The van der Waals surface area contributed by atoms with Gasteiger partial charge in [-0.2, -0.15) is 0 Å². The molecule has 5 rings (SSSR count). The summed E-state index contributed by atoms with van der Waals surface area (Å²) in [6, 6.07) is 20.2. The van der Waals surface area contributed by atoms with Crippen molar-refractivity contribution in [3.63, 3.8) is 0 Å². The Kier molecular flexibility index (Phi) is 6.81. The molecule has 1 aliphatic rings. The molecule has 1 aromatic heterocycles. The lowest BCUT2D eigenvalue weighted by Crippen LogP contribution is -2.21. The molecule has 1 atom stereocenters. The highest BCUT2D eigenvalue weighted by atomic mass is 35.5. The Bertz CT molecular complexity index is 1280. The summed E-state index contributed by atoms with van der Waals surface area (Å²) < 4.78 is 21.2. The van der Waals surface area contributed by atoms with Crippen molar-refractivity contribution in [2.75, 3.05) is 13.1 Å². The number of aromatic nitrogens is 3. The van der Waals surface area contributed by atoms with Crippen LogP contribution in [0.5, 0.6) is 5.75 Å². The third-order valence-corrected chi connectivity index (χ3v) is 6.73. The van der Waals surface area contributed by atoms with Crippen molar-refractivity contribution < 1.29 is 9.13 Å². The molecule has 2 heterocycles. The normalized spacial score (nSPS) is 16.1. The maximum atomic E-state index is 13.2. The largest absolute Gasteiger partial charge is 0.488 e. The van der Waals surface area contributed by atoms with Crippen molar-refractivity contribution in [1.29, 1.82) is 0 Å². The SMILES string of the molecule is Fc1ccc(CN2CC[C@H](n3cc(-c4ccccc4OCc4ccc(Cl)c(Cl)c4)nn3)C2)cc1. The number of likely N-dealkylation sites (tertiary alicyclic amines) is 1. The summed E-state index contributed by atoms with van der Waals surface area (Å²) >= 11 is 12.1. The molecule has 0 amide bonds. The van der Waals surface area contributed by atoms with Crippen molar-refractivity contribution in [2.45, 2.75) is 25.6 Å². The molecule has 174 valence electrons. The highest BCUT2D eigenvalue weighted by Gasteiger charge is 2.25. The molecular weight excluding hydrogens is 474 g/mol. The average molecular weight is 497 g/mol. The number of benzene rings is 3. The second-order valence-corrected chi connectivity index (χ2v) is 9.24. The van der Waals surface area contributed by atoms with Gasteiger partial charge < -0.3 is 4.74 Å². The Morgan fingerprint density at radius 1 is 0.971 bits per heavy atom. The van der Waals surface area contributed by atoms with Gasteiger partial charge in [0, 0.05) is 25.2 Å². The molecule has 1 saturated heterocycles. The molecule has 8 heteroatoms. The summed E-state index contributed by atoms with van der Waals surface area (Å²) in [5, 5.41) is 9.86. The predicted molar refractivity (Wildman–Crippen MR) is 132 cm³/mol. The van der Waals surface area contributed by atoms with Gasteiger partial charge in [0.1, 0.15) is 23.9 Å². The Morgan fingerprint density at radius 3 is 2.59 bits per heavy atom. The van der Waals surface area contributed by atoms with E-state index in [-0.39, 0.29) is 11.9 Å². The summed E-state index contributed by atoms with van der Waals surface area (Å²) in [5.41, 5.74) is 3.69. The van der Waals surface area contributed by atoms with E-state index >= 15 is 0 Å². The smallest absolute Gasteiger partial charge is 0.129 e. The second-order valence-electron chi connectivity index (χ2n) is 8.42. The van der Waals surface area contributed by atoms with Crippen LogP contribution in [0.3, 0.4) is 0 Å². The van der Waals surface area contributed by atoms with Crippen LogP contribution in [-0.4, -0.2) is 33.0 Å². The van der Waals surface area contributed by atoms with Crippen molar-refractivity contribution in [3.8, 4) is 17.0 Å². The minimum absolute atomic E-state index is 0.209. The number of hydrogen-bond donors (Lipinski definition) is 0. The van der Waals surface area contributed by atoms with Crippen LogP contribution in [0.25, 0.3) is 11.3 Å². The maximum Gasteiger partial charge on any atom is 0.129 e. The molecule has 0 radical (unpaired) electrons. The second kappa shape index (κ2) is 10.1. The molecular formula is C26H23Cl2FN4O. The summed E-state index contributed by atoms with van der Waals surface area (Å²) in [4.78, 5) is 2.35. The first-order chi connectivity index (χ1) is 16.5. The minimum Gasteiger partial charge on any atom is -0.488 e. The zero-order valence-electron chi connectivity index (χ0n) is 18.4. The Labute approximate surface area is 207 Å². The predicted octanol–water partition coefficient (Wildman–Crippen LogP) is 6.42. The van der Waals surface area contributed by atoms with E-state index in [9.17, 15) is 4.39 Å². The van der Waals surface area contributed by atoms with Gasteiger partial charge in [0.2, 0.25) is 0 Å². The zero-order valence-corrected chi connectivity index (χ0v) is 19.9. The highest BCUT2D eigenvalue weighted by Crippen LogP contribution is 2.31. The molecule has 0 saturated carbocycles. The Balaban J connectivity index is 1.25. The van der Waals surface area contributed by atoms with E-state index in [4.69, 9.17) is 27.9 Å². The molecule has 34 heavy (non-hydrogen) atoms. The van der Waals surface area contributed by atoms with E-state index in [1.54, 1.807) is 12.1 Å². The van der Waals surface area contributed by atoms with Gasteiger partial charge >= 0.3 is 0 Å². The summed E-state index contributed by atoms with van der Waals surface area (Å²) in [6.45, 7) is 2.99. The average Bonchev–Trinajstić information content (AvgIpc) is 3.51. The first-order valence-corrected chi connectivity index (χ1v) is 11.9.